The summed E-state index contributed by atoms with van der Waals surface area (Å²) >= 11 is 0. The maximum absolute atomic E-state index is 14.3. The largest absolute Gasteiger partial charge is 0.472 e. The number of ether oxygens (including phenoxy) is 7. The summed E-state index contributed by atoms with van der Waals surface area (Å²) in [5, 5.41) is 110. The molecule has 11 N–H and O–H groups in total. The van der Waals surface area contributed by atoms with E-state index in [4.69, 9.17) is 42.2 Å². The number of rotatable bonds is 55. The lowest BCUT2D eigenvalue weighted by Gasteiger charge is -2.49. The third-order valence-corrected chi connectivity index (χ3v) is 18.8. The summed E-state index contributed by atoms with van der Waals surface area (Å²) in [5.74, 6) is -2.00. The third-order valence-electron chi connectivity index (χ3n) is 17.8. The van der Waals surface area contributed by atoms with Crippen LogP contribution < -0.4 is 0 Å². The molecular weight excluding hydrogens is 1230 g/mol. The molecule has 546 valence electrons. The van der Waals surface area contributed by atoms with E-state index in [-0.39, 0.29) is 19.3 Å². The van der Waals surface area contributed by atoms with Crippen LogP contribution in [0.15, 0.2) is 12.2 Å². The van der Waals surface area contributed by atoms with Crippen molar-refractivity contribution in [3.63, 3.8) is 0 Å². The number of esters is 3. The maximum Gasteiger partial charge on any atom is 0.472 e. The number of aliphatic hydroxyl groups is 10. The van der Waals surface area contributed by atoms with E-state index < -0.39 is 156 Å². The van der Waals surface area contributed by atoms with E-state index in [0.717, 1.165) is 96.3 Å². The van der Waals surface area contributed by atoms with Crippen LogP contribution >= 0.6 is 7.82 Å². The Morgan fingerprint density at radius 2 is 0.753 bits per heavy atom. The van der Waals surface area contributed by atoms with Crippen LogP contribution in [0.3, 0.4) is 0 Å². The average Bonchev–Trinajstić information content (AvgIpc) is 0.781. The molecule has 93 heavy (non-hydrogen) atoms. The van der Waals surface area contributed by atoms with Crippen LogP contribution in [0, 0.1) is 0 Å². The van der Waals surface area contributed by atoms with Crippen LogP contribution in [0.25, 0.3) is 0 Å². The normalized spacial score (nSPS) is 28.5. The molecule has 18 unspecified atom stereocenters. The molecule has 2 saturated heterocycles. The SMILES string of the molecule is CCCCCCCC/C=C\CCCCCC(=O)OCC(COP(=O)(O)OC1C(OC2OC(CO)C(O)C(O)C2O)C(O)C(O)C(O)C1OC1OC(COC(=O)CCCCCCCCCCCCCC)C(O)C(O)C1O)OC(=O)CCCCCCCCCCCCCCC. The van der Waals surface area contributed by atoms with Crippen molar-refractivity contribution in [3.8, 4) is 0 Å². The number of phosphoric acid groups is 1. The maximum atomic E-state index is 14.3. The van der Waals surface area contributed by atoms with E-state index in [1.54, 1.807) is 0 Å². The van der Waals surface area contributed by atoms with E-state index in [2.05, 4.69) is 32.9 Å². The number of aliphatic hydroxyl groups excluding tert-OH is 10. The monoisotopic (exact) mass is 1360 g/mol. The van der Waals surface area contributed by atoms with Crippen molar-refractivity contribution in [3.05, 3.63) is 12.2 Å². The number of phosphoric ester groups is 1. The van der Waals surface area contributed by atoms with Gasteiger partial charge in [-0.1, -0.05) is 219 Å². The van der Waals surface area contributed by atoms with Gasteiger partial charge in [-0.05, 0) is 44.9 Å². The van der Waals surface area contributed by atoms with Crippen molar-refractivity contribution < 1.29 is 117 Å². The van der Waals surface area contributed by atoms with Crippen LogP contribution in [-0.2, 0) is 61.2 Å². The van der Waals surface area contributed by atoms with Gasteiger partial charge in [-0.15, -0.1) is 0 Å². The van der Waals surface area contributed by atoms with Crippen LogP contribution in [0.4, 0.5) is 0 Å². The van der Waals surface area contributed by atoms with Gasteiger partial charge in [0.15, 0.2) is 18.7 Å². The minimum Gasteiger partial charge on any atom is -0.463 e. The lowest BCUT2D eigenvalue weighted by Crippen LogP contribution is -2.69. The third kappa shape index (κ3) is 34.9. The molecule has 1 aliphatic carbocycles. The Kier molecular flexibility index (Phi) is 46.5. The Morgan fingerprint density at radius 1 is 0.409 bits per heavy atom. The predicted molar refractivity (Wildman–Crippen MR) is 347 cm³/mol. The molecule has 3 fully saturated rings. The highest BCUT2D eigenvalue weighted by atomic mass is 31.2. The van der Waals surface area contributed by atoms with Crippen molar-refractivity contribution in [1.29, 1.82) is 0 Å². The van der Waals surface area contributed by atoms with E-state index in [1.807, 2.05) is 0 Å². The number of hydrogen-bond acceptors (Lipinski definition) is 23. The van der Waals surface area contributed by atoms with E-state index in [0.29, 0.717) is 19.3 Å². The van der Waals surface area contributed by atoms with Gasteiger partial charge in [0.1, 0.15) is 98.7 Å². The molecule has 2 heterocycles. The minimum atomic E-state index is -5.69. The van der Waals surface area contributed by atoms with Gasteiger partial charge in [-0.2, -0.15) is 0 Å². The molecule has 3 rings (SSSR count). The van der Waals surface area contributed by atoms with Gasteiger partial charge < -0.3 is 89.1 Å². The van der Waals surface area contributed by atoms with Gasteiger partial charge in [-0.25, -0.2) is 4.57 Å². The summed E-state index contributed by atoms with van der Waals surface area (Å²) < 4.78 is 64.8. The number of hydrogen-bond donors (Lipinski definition) is 11. The molecule has 0 aromatic rings. The molecule has 18 atom stereocenters. The number of allylic oxidation sites excluding steroid dienone is 2. The molecule has 0 amide bonds. The zero-order valence-corrected chi connectivity index (χ0v) is 57.4. The molecule has 1 saturated carbocycles. The highest BCUT2D eigenvalue weighted by Gasteiger charge is 2.58. The fraction of sp³-hybridized carbons (Fsp3) is 0.926. The van der Waals surface area contributed by atoms with Gasteiger partial charge >= 0.3 is 25.7 Å². The van der Waals surface area contributed by atoms with Crippen molar-refractivity contribution in [1.82, 2.24) is 0 Å². The first kappa shape index (κ1) is 84.9. The topological polar surface area (TPSA) is 374 Å². The molecule has 0 aromatic carbocycles. The lowest BCUT2D eigenvalue weighted by molar-refractivity contribution is -0.360. The highest BCUT2D eigenvalue weighted by Crippen LogP contribution is 2.49. The van der Waals surface area contributed by atoms with Crippen molar-refractivity contribution in [2.24, 2.45) is 0 Å². The van der Waals surface area contributed by atoms with Gasteiger partial charge in [0.05, 0.1) is 13.2 Å². The Hall–Kier alpha value is -2.30. The smallest absolute Gasteiger partial charge is 0.463 e. The number of carbonyl (C=O) groups excluding carboxylic acids is 3. The van der Waals surface area contributed by atoms with Gasteiger partial charge in [0, 0.05) is 19.3 Å². The second-order valence-corrected chi connectivity index (χ2v) is 27.4. The van der Waals surface area contributed by atoms with Gasteiger partial charge in [-0.3, -0.25) is 23.4 Å². The summed E-state index contributed by atoms with van der Waals surface area (Å²) in [7, 11) is -5.69. The summed E-state index contributed by atoms with van der Waals surface area (Å²) in [5.41, 5.74) is 0. The van der Waals surface area contributed by atoms with Crippen LogP contribution in [-0.4, -0.2) is 204 Å². The summed E-state index contributed by atoms with van der Waals surface area (Å²) in [6.07, 6.45) is 7.36. The molecule has 0 bridgehead atoms. The van der Waals surface area contributed by atoms with E-state index in [9.17, 15) is 74.9 Å². The molecule has 2 aliphatic heterocycles. The molecule has 0 spiro atoms. The first-order chi connectivity index (χ1) is 44.8. The Balaban J connectivity index is 1.76. The Bertz CT molecular complexity index is 1990. The van der Waals surface area contributed by atoms with E-state index >= 15 is 0 Å². The Labute approximate surface area is 554 Å². The molecule has 24 nitrogen and oxygen atoms in total. The molecule has 25 heteroatoms. The Morgan fingerprint density at radius 3 is 1.17 bits per heavy atom. The minimum absolute atomic E-state index is 0.0275. The first-order valence-electron chi connectivity index (χ1n) is 36.0. The molecular formula is C68H125O24P. The average molecular weight is 1360 g/mol. The summed E-state index contributed by atoms with van der Waals surface area (Å²) in [4.78, 5) is 50.8. The van der Waals surface area contributed by atoms with E-state index in [1.165, 1.54) is 116 Å². The zero-order valence-electron chi connectivity index (χ0n) is 56.5. The van der Waals surface area contributed by atoms with Crippen LogP contribution in [0.5, 0.6) is 0 Å². The van der Waals surface area contributed by atoms with Gasteiger partial charge in [0.2, 0.25) is 0 Å². The summed E-state index contributed by atoms with van der Waals surface area (Å²) in [6, 6.07) is 0. The highest BCUT2D eigenvalue weighted by molar-refractivity contribution is 7.47. The predicted octanol–water partition coefficient (Wildman–Crippen LogP) is 8.79. The molecule has 0 aromatic heterocycles. The lowest BCUT2D eigenvalue weighted by atomic mass is 9.84. The fourth-order valence-corrected chi connectivity index (χ4v) is 12.8. The second-order valence-electron chi connectivity index (χ2n) is 26.0. The summed E-state index contributed by atoms with van der Waals surface area (Å²) in [6.45, 7) is 3.40. The molecule has 0 radical (unpaired) electrons. The quantitative estimate of drug-likeness (QED) is 0.00890. The molecule has 3 aliphatic rings. The standard InChI is InChI=1S/C68H125O24P/c1-4-7-10-13-16-19-22-25-28-31-33-36-39-42-52(70)84-46-49(87-54(72)44-41-38-35-32-29-26-23-20-17-14-11-8-5-2)47-86-93(82,83)92-66-64(90-67-62(80)57(75)55(73)50(45-69)88-67)60(78)59(77)61(79)65(66)91-68-63(81)58(76)56(74)51(89-68)48-85-53(71)43-40-37-34-30-27-24-21-18-15-12-9-6-3/h25,28,49-51,55-69,73-81H,4-24,26-27,29-48H2,1-3H3,(H,82,83)/b28-25-. The second kappa shape index (κ2) is 50.9. The zero-order chi connectivity index (χ0) is 68.2. The number of carbonyl (C=O) groups is 3. The van der Waals surface area contributed by atoms with Crippen LogP contribution in [0.1, 0.15) is 271 Å². The van der Waals surface area contributed by atoms with Gasteiger partial charge in [0.25, 0.3) is 0 Å². The van der Waals surface area contributed by atoms with Crippen LogP contribution in [0.2, 0.25) is 0 Å². The fourth-order valence-electron chi connectivity index (χ4n) is 11.9. The van der Waals surface area contributed by atoms with Crippen molar-refractivity contribution >= 4 is 25.7 Å². The van der Waals surface area contributed by atoms with Crippen molar-refractivity contribution in [2.45, 2.75) is 375 Å². The number of unbranched alkanes of at least 4 members (excludes halogenated alkanes) is 32. The van der Waals surface area contributed by atoms with Crippen molar-refractivity contribution in [2.75, 3.05) is 26.4 Å². The first-order valence-corrected chi connectivity index (χ1v) is 37.5.